The molecule has 1 atom stereocenters. The Kier molecular flexibility index (Phi) is 3.49. The van der Waals surface area contributed by atoms with Crippen LogP contribution < -0.4 is 10.1 Å². The number of rotatable bonds is 2. The molecule has 0 aromatic heterocycles. The van der Waals surface area contributed by atoms with Crippen LogP contribution in [0.25, 0.3) is 0 Å². The second-order valence-electron chi connectivity index (χ2n) is 3.70. The molecule has 0 amide bonds. The van der Waals surface area contributed by atoms with Crippen LogP contribution in [-0.4, -0.2) is 24.3 Å². The number of piperidine rings is 1. The first-order chi connectivity index (χ1) is 7.25. The van der Waals surface area contributed by atoms with E-state index in [1.54, 1.807) is 18.2 Å². The van der Waals surface area contributed by atoms with Gasteiger partial charge in [0, 0.05) is 12.6 Å². The molecule has 0 aliphatic carbocycles. The van der Waals surface area contributed by atoms with Gasteiger partial charge in [-0.1, -0.05) is 0 Å². The molecule has 15 heavy (non-hydrogen) atoms. The molecule has 1 aromatic carbocycles. The molecule has 1 aromatic rings. The molecule has 4 heteroatoms. The smallest absolute Gasteiger partial charge is 0.137 e. The quantitative estimate of drug-likeness (QED) is 0.867. The van der Waals surface area contributed by atoms with E-state index in [2.05, 4.69) is 21.2 Å². The van der Waals surface area contributed by atoms with Gasteiger partial charge in [-0.3, -0.25) is 0 Å². The Labute approximate surface area is 97.6 Å². The largest absolute Gasteiger partial charge is 0.508 e. The molecular formula is C11H14BrNO2. The van der Waals surface area contributed by atoms with Crippen LogP contribution >= 0.6 is 15.9 Å². The van der Waals surface area contributed by atoms with Crippen molar-refractivity contribution in [3.63, 3.8) is 0 Å². The van der Waals surface area contributed by atoms with Crippen LogP contribution in [-0.2, 0) is 0 Å². The summed E-state index contributed by atoms with van der Waals surface area (Å²) in [6, 6.07) is 5.07. The fraction of sp³-hybridized carbons (Fsp3) is 0.455. The van der Waals surface area contributed by atoms with Crippen molar-refractivity contribution in [2.45, 2.75) is 18.9 Å². The van der Waals surface area contributed by atoms with Crippen molar-refractivity contribution in [1.82, 2.24) is 5.32 Å². The van der Waals surface area contributed by atoms with E-state index in [-0.39, 0.29) is 11.9 Å². The highest BCUT2D eigenvalue weighted by Gasteiger charge is 2.15. The normalized spacial score (nSPS) is 21.3. The van der Waals surface area contributed by atoms with Gasteiger partial charge >= 0.3 is 0 Å². The molecule has 1 fully saturated rings. The Balaban J connectivity index is 2.05. The number of phenolic OH excluding ortho intramolecular Hbond substituents is 1. The lowest BCUT2D eigenvalue weighted by molar-refractivity contribution is 0.165. The van der Waals surface area contributed by atoms with Gasteiger partial charge in [-0.25, -0.2) is 0 Å². The maximum atomic E-state index is 9.35. The summed E-state index contributed by atoms with van der Waals surface area (Å²) in [5.74, 6) is 0.945. The van der Waals surface area contributed by atoms with Crippen molar-refractivity contribution in [2.24, 2.45) is 0 Å². The van der Waals surface area contributed by atoms with Crippen molar-refractivity contribution in [3.8, 4) is 11.5 Å². The lowest BCUT2D eigenvalue weighted by Gasteiger charge is -2.24. The second-order valence-corrected chi connectivity index (χ2v) is 4.56. The molecule has 1 aliphatic rings. The summed E-state index contributed by atoms with van der Waals surface area (Å²) in [4.78, 5) is 0. The van der Waals surface area contributed by atoms with Gasteiger partial charge < -0.3 is 15.2 Å². The van der Waals surface area contributed by atoms with E-state index < -0.39 is 0 Å². The molecule has 82 valence electrons. The van der Waals surface area contributed by atoms with Crippen molar-refractivity contribution in [1.29, 1.82) is 0 Å². The second kappa shape index (κ2) is 4.86. The Morgan fingerprint density at radius 3 is 3.07 bits per heavy atom. The first kappa shape index (κ1) is 10.8. The van der Waals surface area contributed by atoms with Gasteiger partial charge in [-0.15, -0.1) is 0 Å². The molecule has 2 rings (SSSR count). The molecule has 1 saturated heterocycles. The molecule has 0 radical (unpaired) electrons. The van der Waals surface area contributed by atoms with Gasteiger partial charge in [0.15, 0.2) is 0 Å². The number of ether oxygens (including phenoxy) is 1. The number of phenols is 1. The molecule has 1 heterocycles. The highest BCUT2D eigenvalue weighted by atomic mass is 79.9. The zero-order valence-corrected chi connectivity index (χ0v) is 9.96. The summed E-state index contributed by atoms with van der Waals surface area (Å²) in [6.07, 6.45) is 2.41. The monoisotopic (exact) mass is 271 g/mol. The minimum Gasteiger partial charge on any atom is -0.508 e. The maximum Gasteiger partial charge on any atom is 0.137 e. The number of halogens is 1. The van der Waals surface area contributed by atoms with Gasteiger partial charge in [0.1, 0.15) is 17.6 Å². The van der Waals surface area contributed by atoms with Crippen LogP contribution in [0.1, 0.15) is 12.8 Å². The first-order valence-corrected chi connectivity index (χ1v) is 5.91. The SMILES string of the molecule is Oc1ccc(Br)c(OC2CCCNC2)c1. The van der Waals surface area contributed by atoms with E-state index in [1.165, 1.54) is 0 Å². The van der Waals surface area contributed by atoms with Crippen LogP contribution in [0.5, 0.6) is 11.5 Å². The maximum absolute atomic E-state index is 9.35. The van der Waals surface area contributed by atoms with Crippen LogP contribution in [0.3, 0.4) is 0 Å². The molecule has 0 spiro atoms. The predicted octanol–water partition coefficient (Wildman–Crippen LogP) is 2.29. The molecule has 0 bridgehead atoms. The Morgan fingerprint density at radius 1 is 1.47 bits per heavy atom. The van der Waals surface area contributed by atoms with Crippen molar-refractivity contribution in [2.75, 3.05) is 13.1 Å². The van der Waals surface area contributed by atoms with Crippen LogP contribution in [0.2, 0.25) is 0 Å². The topological polar surface area (TPSA) is 41.5 Å². The minimum absolute atomic E-state index is 0.205. The van der Waals surface area contributed by atoms with E-state index in [1.807, 2.05) is 0 Å². The third kappa shape index (κ3) is 2.86. The zero-order valence-electron chi connectivity index (χ0n) is 8.37. The predicted molar refractivity (Wildman–Crippen MR) is 62.3 cm³/mol. The van der Waals surface area contributed by atoms with Crippen LogP contribution in [0, 0.1) is 0 Å². The van der Waals surface area contributed by atoms with Crippen LogP contribution in [0.15, 0.2) is 22.7 Å². The zero-order chi connectivity index (χ0) is 10.7. The summed E-state index contributed by atoms with van der Waals surface area (Å²) in [7, 11) is 0. The molecular weight excluding hydrogens is 258 g/mol. The third-order valence-corrected chi connectivity index (χ3v) is 3.12. The van der Waals surface area contributed by atoms with Crippen molar-refractivity contribution >= 4 is 15.9 Å². The Bertz CT molecular complexity index is 337. The number of benzene rings is 1. The van der Waals surface area contributed by atoms with Gasteiger partial charge in [0.25, 0.3) is 0 Å². The van der Waals surface area contributed by atoms with Gasteiger partial charge in [-0.2, -0.15) is 0 Å². The fourth-order valence-electron chi connectivity index (χ4n) is 1.68. The molecule has 1 aliphatic heterocycles. The molecule has 1 unspecified atom stereocenters. The van der Waals surface area contributed by atoms with Gasteiger partial charge in [0.2, 0.25) is 0 Å². The standard InChI is InChI=1S/C11H14BrNO2/c12-10-4-3-8(14)6-11(10)15-9-2-1-5-13-7-9/h3-4,6,9,13-14H,1-2,5,7H2. The highest BCUT2D eigenvalue weighted by molar-refractivity contribution is 9.10. The van der Waals surface area contributed by atoms with E-state index in [9.17, 15) is 5.11 Å². The number of nitrogens with one attached hydrogen (secondary N) is 1. The summed E-state index contributed by atoms with van der Waals surface area (Å²) < 4.78 is 6.68. The van der Waals surface area contributed by atoms with E-state index >= 15 is 0 Å². The summed E-state index contributed by atoms with van der Waals surface area (Å²) in [5.41, 5.74) is 0. The number of hydrogen-bond acceptors (Lipinski definition) is 3. The molecule has 3 nitrogen and oxygen atoms in total. The molecule has 2 N–H and O–H groups in total. The highest BCUT2D eigenvalue weighted by Crippen LogP contribution is 2.30. The Morgan fingerprint density at radius 2 is 2.33 bits per heavy atom. The lowest BCUT2D eigenvalue weighted by Crippen LogP contribution is -2.37. The van der Waals surface area contributed by atoms with Crippen molar-refractivity contribution in [3.05, 3.63) is 22.7 Å². The minimum atomic E-state index is 0.205. The van der Waals surface area contributed by atoms with Gasteiger partial charge in [0.05, 0.1) is 4.47 Å². The van der Waals surface area contributed by atoms with E-state index in [4.69, 9.17) is 4.74 Å². The van der Waals surface area contributed by atoms with Crippen LogP contribution in [0.4, 0.5) is 0 Å². The summed E-state index contributed by atoms with van der Waals surface area (Å²) >= 11 is 3.40. The average Bonchev–Trinajstić information content (AvgIpc) is 2.25. The van der Waals surface area contributed by atoms with Crippen molar-refractivity contribution < 1.29 is 9.84 Å². The number of hydrogen-bond donors (Lipinski definition) is 2. The average molecular weight is 272 g/mol. The molecule has 0 saturated carbocycles. The lowest BCUT2D eigenvalue weighted by atomic mass is 10.1. The van der Waals surface area contributed by atoms with E-state index in [0.717, 1.165) is 30.4 Å². The van der Waals surface area contributed by atoms with E-state index in [0.29, 0.717) is 5.75 Å². The fourth-order valence-corrected chi connectivity index (χ4v) is 2.02. The number of aromatic hydroxyl groups is 1. The first-order valence-electron chi connectivity index (χ1n) is 5.11. The summed E-state index contributed by atoms with van der Waals surface area (Å²) in [5, 5.41) is 12.6. The van der Waals surface area contributed by atoms with Gasteiger partial charge in [-0.05, 0) is 47.4 Å². The summed E-state index contributed by atoms with van der Waals surface area (Å²) in [6.45, 7) is 1.95. The third-order valence-electron chi connectivity index (χ3n) is 2.46. The Hall–Kier alpha value is -0.740.